The second kappa shape index (κ2) is 10.2. The van der Waals surface area contributed by atoms with Gasteiger partial charge in [-0.3, -0.25) is 14.2 Å². The minimum atomic E-state index is -0.356. The number of ether oxygens (including phenoxy) is 2. The lowest BCUT2D eigenvalue weighted by atomic mass is 10.1. The van der Waals surface area contributed by atoms with Gasteiger partial charge in [0.2, 0.25) is 0 Å². The molecule has 0 amide bonds. The van der Waals surface area contributed by atoms with E-state index in [1.165, 1.54) is 11.5 Å². The summed E-state index contributed by atoms with van der Waals surface area (Å²) >= 11 is 0. The van der Waals surface area contributed by atoms with Crippen LogP contribution in [0.2, 0.25) is 0 Å². The van der Waals surface area contributed by atoms with Gasteiger partial charge in [-0.1, -0.05) is 49.1 Å². The summed E-state index contributed by atoms with van der Waals surface area (Å²) in [7, 11) is 2.03. The van der Waals surface area contributed by atoms with Gasteiger partial charge < -0.3 is 14.0 Å². The number of nitrogens with zero attached hydrogens (tertiary/aromatic N) is 2. The third kappa shape index (κ3) is 4.66. The van der Waals surface area contributed by atoms with E-state index in [0.717, 1.165) is 33.4 Å². The van der Waals surface area contributed by atoms with Crippen LogP contribution in [0.25, 0.3) is 21.8 Å². The van der Waals surface area contributed by atoms with Gasteiger partial charge >= 0.3 is 5.97 Å². The van der Waals surface area contributed by atoms with Crippen molar-refractivity contribution in [1.82, 2.24) is 9.13 Å². The Hall–Kier alpha value is -4.58. The largest absolute Gasteiger partial charge is 0.487 e. The molecular formula is C31H28N2O4. The lowest BCUT2D eigenvalue weighted by Gasteiger charge is -2.10. The maximum atomic E-state index is 13.6. The molecule has 0 bridgehead atoms. The van der Waals surface area contributed by atoms with Gasteiger partial charge in [-0.15, -0.1) is 0 Å². The number of aromatic nitrogens is 2. The van der Waals surface area contributed by atoms with E-state index in [2.05, 4.69) is 29.3 Å². The maximum absolute atomic E-state index is 13.6. The summed E-state index contributed by atoms with van der Waals surface area (Å²) in [5.74, 6) is 0.159. The third-order valence-electron chi connectivity index (χ3n) is 6.67. The number of benzene rings is 3. The van der Waals surface area contributed by atoms with Crippen LogP contribution in [0.1, 0.15) is 27.3 Å². The zero-order valence-corrected chi connectivity index (χ0v) is 20.9. The topological polar surface area (TPSA) is 62.5 Å². The monoisotopic (exact) mass is 492 g/mol. The molecule has 5 aromatic rings. The molecule has 6 heteroatoms. The highest BCUT2D eigenvalue weighted by Crippen LogP contribution is 2.28. The van der Waals surface area contributed by atoms with Crippen molar-refractivity contribution in [3.05, 3.63) is 114 Å². The van der Waals surface area contributed by atoms with Crippen LogP contribution in [0.15, 0.2) is 91.5 Å². The molecule has 186 valence electrons. The summed E-state index contributed by atoms with van der Waals surface area (Å²) in [5, 5.41) is 2.03. The van der Waals surface area contributed by atoms with Crippen LogP contribution >= 0.6 is 0 Å². The first-order valence-corrected chi connectivity index (χ1v) is 12.1. The highest BCUT2D eigenvalue weighted by molar-refractivity contribution is 6.04. The van der Waals surface area contributed by atoms with Crippen LogP contribution in [0.4, 0.5) is 0 Å². The highest BCUT2D eigenvalue weighted by Gasteiger charge is 2.21. The van der Waals surface area contributed by atoms with Gasteiger partial charge in [0.05, 0.1) is 17.6 Å². The van der Waals surface area contributed by atoms with E-state index in [1.54, 1.807) is 16.7 Å². The molecule has 37 heavy (non-hydrogen) atoms. The average Bonchev–Trinajstić information content (AvgIpc) is 3.39. The number of carbonyl (C=O) groups excluding carboxylic acids is 2. The number of carbonyl (C=O) groups is 2. The van der Waals surface area contributed by atoms with E-state index in [4.69, 9.17) is 9.47 Å². The third-order valence-corrected chi connectivity index (χ3v) is 6.67. The highest BCUT2D eigenvalue weighted by atomic mass is 16.5. The van der Waals surface area contributed by atoms with Crippen molar-refractivity contribution in [2.45, 2.75) is 20.0 Å². The van der Waals surface area contributed by atoms with Crippen LogP contribution in [0.3, 0.4) is 0 Å². The minimum Gasteiger partial charge on any atom is -0.487 e. The van der Waals surface area contributed by atoms with Crippen molar-refractivity contribution in [3.8, 4) is 5.75 Å². The molecule has 0 unspecified atom stereocenters. The predicted molar refractivity (Wildman–Crippen MR) is 145 cm³/mol. The molecule has 3 aromatic carbocycles. The fourth-order valence-electron chi connectivity index (χ4n) is 4.73. The van der Waals surface area contributed by atoms with Crippen molar-refractivity contribution in [3.63, 3.8) is 0 Å². The molecule has 6 nitrogen and oxygen atoms in total. The van der Waals surface area contributed by atoms with Crippen molar-refractivity contribution >= 4 is 33.7 Å². The van der Waals surface area contributed by atoms with E-state index in [9.17, 15) is 9.59 Å². The molecule has 0 aliphatic heterocycles. The van der Waals surface area contributed by atoms with Crippen LogP contribution in [0.5, 0.6) is 5.75 Å². The van der Waals surface area contributed by atoms with Gasteiger partial charge in [0.25, 0.3) is 5.91 Å². The Morgan fingerprint density at radius 2 is 1.65 bits per heavy atom. The Morgan fingerprint density at radius 1 is 0.946 bits per heavy atom. The predicted octanol–water partition coefficient (Wildman–Crippen LogP) is 5.98. The lowest BCUT2D eigenvalue weighted by molar-refractivity contribution is -0.141. The van der Waals surface area contributed by atoms with E-state index < -0.39 is 0 Å². The molecule has 0 aliphatic carbocycles. The first-order chi connectivity index (χ1) is 18.0. The molecule has 0 atom stereocenters. The second-order valence-electron chi connectivity index (χ2n) is 8.94. The summed E-state index contributed by atoms with van der Waals surface area (Å²) in [4.78, 5) is 25.9. The zero-order chi connectivity index (χ0) is 25.9. The number of hydrogen-bond donors (Lipinski definition) is 0. The van der Waals surface area contributed by atoms with Crippen LogP contribution < -0.4 is 4.74 Å². The fourth-order valence-corrected chi connectivity index (χ4v) is 4.73. The molecule has 0 fully saturated rings. The van der Waals surface area contributed by atoms with Crippen molar-refractivity contribution in [2.24, 2.45) is 7.05 Å². The summed E-state index contributed by atoms with van der Waals surface area (Å²) < 4.78 is 15.0. The SMILES string of the molecule is C=CCOC(=O)Cc1c(C)n(C(=O)c2ccc(OCc3cc4ccccc4n3C)cc2)c2ccccc12. The molecule has 0 N–H and O–H groups in total. The number of para-hydroxylation sites is 2. The molecule has 5 rings (SSSR count). The number of rotatable bonds is 8. The van der Waals surface area contributed by atoms with Gasteiger partial charge in [0.1, 0.15) is 19.0 Å². The van der Waals surface area contributed by atoms with E-state index in [-0.39, 0.29) is 24.9 Å². The molecule has 2 aromatic heterocycles. The van der Waals surface area contributed by atoms with Crippen LogP contribution in [-0.4, -0.2) is 27.6 Å². The fraction of sp³-hybridized carbons (Fsp3) is 0.161. The summed E-state index contributed by atoms with van der Waals surface area (Å²) in [6.07, 6.45) is 1.62. The Bertz CT molecular complexity index is 1620. The maximum Gasteiger partial charge on any atom is 0.310 e. The number of hydrogen-bond acceptors (Lipinski definition) is 4. The van der Waals surface area contributed by atoms with Gasteiger partial charge in [0.15, 0.2) is 0 Å². The number of aryl methyl sites for hydroxylation is 1. The van der Waals surface area contributed by atoms with Crippen LogP contribution in [0, 0.1) is 6.92 Å². The Labute approximate surface area is 215 Å². The van der Waals surface area contributed by atoms with Gasteiger partial charge in [-0.2, -0.15) is 0 Å². The number of esters is 1. The Kier molecular flexibility index (Phi) is 6.64. The van der Waals surface area contributed by atoms with Crippen molar-refractivity contribution in [1.29, 1.82) is 0 Å². The van der Waals surface area contributed by atoms with E-state index in [0.29, 0.717) is 17.9 Å². The summed E-state index contributed by atoms with van der Waals surface area (Å²) in [6.45, 7) is 6.01. The second-order valence-corrected chi connectivity index (χ2v) is 8.94. The van der Waals surface area contributed by atoms with E-state index in [1.807, 2.05) is 62.5 Å². The van der Waals surface area contributed by atoms with Gasteiger partial charge in [-0.25, -0.2) is 0 Å². The summed E-state index contributed by atoms with van der Waals surface area (Å²) in [6, 6.07) is 25.1. The number of fused-ring (bicyclic) bond motifs is 2. The molecule has 0 spiro atoms. The molecule has 2 heterocycles. The van der Waals surface area contributed by atoms with E-state index >= 15 is 0 Å². The molecule has 0 aliphatic rings. The molecule has 0 saturated carbocycles. The zero-order valence-electron chi connectivity index (χ0n) is 20.9. The van der Waals surface area contributed by atoms with Gasteiger partial charge in [0, 0.05) is 29.2 Å². The molecule has 0 radical (unpaired) electrons. The normalized spacial score (nSPS) is 11.1. The van der Waals surface area contributed by atoms with Crippen molar-refractivity contribution in [2.75, 3.05) is 6.61 Å². The Balaban J connectivity index is 1.37. The quantitative estimate of drug-likeness (QED) is 0.197. The first kappa shape index (κ1) is 24.1. The van der Waals surface area contributed by atoms with Crippen LogP contribution in [-0.2, 0) is 29.6 Å². The minimum absolute atomic E-state index is 0.0847. The average molecular weight is 493 g/mol. The smallest absolute Gasteiger partial charge is 0.310 e. The molecule has 0 saturated heterocycles. The summed E-state index contributed by atoms with van der Waals surface area (Å²) in [5.41, 5.74) is 5.01. The molecular weight excluding hydrogens is 464 g/mol. The first-order valence-electron chi connectivity index (χ1n) is 12.1. The van der Waals surface area contributed by atoms with Crippen molar-refractivity contribution < 1.29 is 19.1 Å². The Morgan fingerprint density at radius 3 is 2.38 bits per heavy atom. The lowest BCUT2D eigenvalue weighted by Crippen LogP contribution is -2.14. The standard InChI is InChI=1S/C31H28N2O4/c1-4-17-36-30(34)19-27-21(2)33(29-12-8-6-10-26(27)29)31(35)22-13-15-25(16-14-22)37-20-24-18-23-9-5-7-11-28(23)32(24)3/h4-16,18H,1,17,19-20H2,2-3H3. The van der Waals surface area contributed by atoms with Gasteiger partial charge in [-0.05, 0) is 60.3 Å².